The first-order chi connectivity index (χ1) is 16.2. The average molecular weight is 485 g/mol. The summed E-state index contributed by atoms with van der Waals surface area (Å²) in [6.07, 6.45) is 1.36. The summed E-state index contributed by atoms with van der Waals surface area (Å²) in [6.45, 7) is 3.09. The average Bonchev–Trinajstić information content (AvgIpc) is 3.11. The number of anilines is 1. The van der Waals surface area contributed by atoms with Crippen molar-refractivity contribution in [2.24, 2.45) is 0 Å². The van der Waals surface area contributed by atoms with E-state index in [4.69, 9.17) is 21.1 Å². The van der Waals surface area contributed by atoms with E-state index >= 15 is 0 Å². The molecule has 0 bridgehead atoms. The number of esters is 1. The third-order valence-corrected chi connectivity index (χ3v) is 5.12. The van der Waals surface area contributed by atoms with E-state index in [0.717, 1.165) is 11.8 Å². The van der Waals surface area contributed by atoms with Crippen LogP contribution in [0.1, 0.15) is 18.2 Å². The van der Waals surface area contributed by atoms with Crippen LogP contribution in [0.25, 0.3) is 11.8 Å². The van der Waals surface area contributed by atoms with Gasteiger partial charge in [0.15, 0.2) is 6.10 Å². The monoisotopic (exact) mass is 484 g/mol. The van der Waals surface area contributed by atoms with Crippen LogP contribution in [-0.2, 0) is 14.3 Å². The molecule has 2 aromatic carbocycles. The van der Waals surface area contributed by atoms with Gasteiger partial charge in [0.2, 0.25) is 0 Å². The Morgan fingerprint density at radius 1 is 1.24 bits per heavy atom. The first-order valence-electron chi connectivity index (χ1n) is 10.0. The van der Waals surface area contributed by atoms with Crippen LogP contribution in [0.5, 0.6) is 5.75 Å². The number of nitro benzene ring substituents is 1. The number of carbonyl (C=O) groups is 2. The van der Waals surface area contributed by atoms with Crippen LogP contribution in [0.3, 0.4) is 0 Å². The predicted molar refractivity (Wildman–Crippen MR) is 126 cm³/mol. The normalized spacial score (nSPS) is 11.8. The summed E-state index contributed by atoms with van der Waals surface area (Å²) in [5, 5.41) is 18.4. The number of carbonyl (C=O) groups excluding carboxylic acids is 2. The molecule has 176 valence electrons. The van der Waals surface area contributed by atoms with Gasteiger partial charge >= 0.3 is 5.97 Å². The fourth-order valence-electron chi connectivity index (χ4n) is 2.99. The van der Waals surface area contributed by atoms with Crippen molar-refractivity contribution >= 4 is 40.9 Å². The van der Waals surface area contributed by atoms with E-state index in [-0.39, 0.29) is 17.1 Å². The first-order valence-corrected chi connectivity index (χ1v) is 10.4. The molecule has 0 fully saturated rings. The minimum absolute atomic E-state index is 0.0510. The second kappa shape index (κ2) is 10.6. The highest BCUT2D eigenvalue weighted by Gasteiger charge is 2.22. The zero-order valence-corrected chi connectivity index (χ0v) is 19.3. The summed E-state index contributed by atoms with van der Waals surface area (Å²) < 4.78 is 11.6. The number of methoxy groups -OCH3 is 1. The standard InChI is InChI=1S/C23H21ClN4O6/c1-14-18(22(24)27(26-14)16-7-5-4-6-8-16)10-12-21(29)34-15(2)23(30)25-19-11-9-17(33-3)13-20(19)28(31)32/h4-13,15H,1-3H3,(H,25,30)/b12-10+. The van der Waals surface area contributed by atoms with Crippen molar-refractivity contribution in [3.8, 4) is 11.4 Å². The Balaban J connectivity index is 1.67. The highest BCUT2D eigenvalue weighted by atomic mass is 35.5. The molecule has 1 aromatic heterocycles. The van der Waals surface area contributed by atoms with Crippen LogP contribution in [0.4, 0.5) is 11.4 Å². The molecule has 1 atom stereocenters. The second-order valence-corrected chi connectivity index (χ2v) is 7.44. The molecule has 0 aliphatic heterocycles. The molecule has 11 heteroatoms. The highest BCUT2D eigenvalue weighted by Crippen LogP contribution is 2.29. The van der Waals surface area contributed by atoms with Gasteiger partial charge in [-0.3, -0.25) is 14.9 Å². The summed E-state index contributed by atoms with van der Waals surface area (Å²) in [6, 6.07) is 13.2. The maximum absolute atomic E-state index is 12.4. The van der Waals surface area contributed by atoms with Gasteiger partial charge in [-0.15, -0.1) is 0 Å². The molecule has 34 heavy (non-hydrogen) atoms. The lowest BCUT2D eigenvalue weighted by Crippen LogP contribution is -2.29. The number of amides is 1. The molecule has 1 amide bonds. The number of nitrogens with one attached hydrogen (secondary N) is 1. The van der Waals surface area contributed by atoms with Crippen LogP contribution < -0.4 is 10.1 Å². The Morgan fingerprint density at radius 3 is 2.59 bits per heavy atom. The van der Waals surface area contributed by atoms with Crippen LogP contribution in [-0.4, -0.2) is 39.8 Å². The van der Waals surface area contributed by atoms with Gasteiger partial charge in [-0.05, 0) is 44.2 Å². The Hall–Kier alpha value is -4.18. The van der Waals surface area contributed by atoms with Crippen LogP contribution in [0.2, 0.25) is 5.15 Å². The number of aromatic nitrogens is 2. The van der Waals surface area contributed by atoms with Crippen molar-refractivity contribution in [3.05, 3.63) is 81.1 Å². The van der Waals surface area contributed by atoms with Gasteiger partial charge in [0.05, 0.1) is 29.5 Å². The van der Waals surface area contributed by atoms with Gasteiger partial charge in [0.25, 0.3) is 11.6 Å². The lowest BCUT2D eigenvalue weighted by atomic mass is 10.2. The summed E-state index contributed by atoms with van der Waals surface area (Å²) >= 11 is 6.43. The smallest absolute Gasteiger partial charge is 0.331 e. The van der Waals surface area contributed by atoms with Crippen LogP contribution >= 0.6 is 11.6 Å². The topological polar surface area (TPSA) is 126 Å². The molecule has 1 N–H and O–H groups in total. The van der Waals surface area contributed by atoms with E-state index in [1.807, 2.05) is 30.3 Å². The zero-order valence-electron chi connectivity index (χ0n) is 18.5. The van der Waals surface area contributed by atoms with Crippen molar-refractivity contribution in [3.63, 3.8) is 0 Å². The number of hydrogen-bond donors (Lipinski definition) is 1. The number of benzene rings is 2. The molecule has 0 saturated heterocycles. The third kappa shape index (κ3) is 5.59. The predicted octanol–water partition coefficient (Wildman–Crippen LogP) is 4.33. The van der Waals surface area contributed by atoms with Crippen LogP contribution in [0, 0.1) is 17.0 Å². The Morgan fingerprint density at radius 2 is 1.94 bits per heavy atom. The number of halogens is 1. The Kier molecular flexibility index (Phi) is 7.64. The lowest BCUT2D eigenvalue weighted by molar-refractivity contribution is -0.384. The molecule has 3 aromatic rings. The van der Waals surface area contributed by atoms with Crippen molar-refractivity contribution in [1.82, 2.24) is 9.78 Å². The van der Waals surface area contributed by atoms with Gasteiger partial charge < -0.3 is 14.8 Å². The van der Waals surface area contributed by atoms with Crippen molar-refractivity contribution in [2.75, 3.05) is 12.4 Å². The van der Waals surface area contributed by atoms with Crippen molar-refractivity contribution < 1.29 is 24.0 Å². The molecular weight excluding hydrogens is 464 g/mol. The fourth-order valence-corrected chi connectivity index (χ4v) is 3.32. The molecule has 1 unspecified atom stereocenters. The van der Waals surface area contributed by atoms with Gasteiger partial charge in [0, 0.05) is 11.6 Å². The minimum Gasteiger partial charge on any atom is -0.496 e. The van der Waals surface area contributed by atoms with Crippen molar-refractivity contribution in [2.45, 2.75) is 20.0 Å². The number of hydrogen-bond acceptors (Lipinski definition) is 7. The van der Waals surface area contributed by atoms with Gasteiger partial charge in [-0.1, -0.05) is 29.8 Å². The number of aryl methyl sites for hydroxylation is 1. The maximum atomic E-state index is 12.4. The summed E-state index contributed by atoms with van der Waals surface area (Å²) in [5.41, 5.74) is 1.47. The third-order valence-electron chi connectivity index (χ3n) is 4.76. The number of rotatable bonds is 8. The van der Waals surface area contributed by atoms with Gasteiger partial charge in [-0.25, -0.2) is 9.48 Å². The maximum Gasteiger partial charge on any atom is 0.331 e. The quantitative estimate of drug-likeness (QED) is 0.218. The van der Waals surface area contributed by atoms with E-state index in [1.165, 1.54) is 38.3 Å². The summed E-state index contributed by atoms with van der Waals surface area (Å²) in [7, 11) is 1.37. The SMILES string of the molecule is COc1ccc(NC(=O)C(C)OC(=O)/C=C/c2c(C)nn(-c3ccccc3)c2Cl)c([N+](=O)[O-])c1. The van der Waals surface area contributed by atoms with Crippen LogP contribution in [0.15, 0.2) is 54.6 Å². The Labute approximate surface area is 199 Å². The zero-order chi connectivity index (χ0) is 24.8. The van der Waals surface area contributed by atoms with Gasteiger partial charge in [-0.2, -0.15) is 5.10 Å². The lowest BCUT2D eigenvalue weighted by Gasteiger charge is -2.13. The Bertz CT molecular complexity index is 1260. The summed E-state index contributed by atoms with van der Waals surface area (Å²) in [4.78, 5) is 35.3. The molecule has 0 aliphatic carbocycles. The van der Waals surface area contributed by atoms with Crippen molar-refractivity contribution in [1.29, 1.82) is 0 Å². The number of ether oxygens (including phenoxy) is 2. The van der Waals surface area contributed by atoms with E-state index in [0.29, 0.717) is 16.4 Å². The van der Waals surface area contributed by atoms with E-state index in [9.17, 15) is 19.7 Å². The first kappa shape index (κ1) is 24.5. The number of para-hydroxylation sites is 1. The van der Waals surface area contributed by atoms with E-state index in [2.05, 4.69) is 10.4 Å². The fraction of sp³-hybridized carbons (Fsp3) is 0.174. The molecular formula is C23H21ClN4O6. The van der Waals surface area contributed by atoms with E-state index < -0.39 is 22.9 Å². The molecule has 0 saturated carbocycles. The number of nitro groups is 1. The minimum atomic E-state index is -1.22. The summed E-state index contributed by atoms with van der Waals surface area (Å²) in [5.74, 6) is -1.27. The number of nitrogens with zero attached hydrogens (tertiary/aromatic N) is 3. The molecule has 10 nitrogen and oxygen atoms in total. The molecule has 0 radical (unpaired) electrons. The van der Waals surface area contributed by atoms with E-state index in [1.54, 1.807) is 11.6 Å². The highest BCUT2D eigenvalue weighted by molar-refractivity contribution is 6.31. The van der Waals surface area contributed by atoms with Gasteiger partial charge in [0.1, 0.15) is 16.6 Å². The molecule has 0 aliphatic rings. The largest absolute Gasteiger partial charge is 0.496 e. The molecule has 3 rings (SSSR count). The second-order valence-electron chi connectivity index (χ2n) is 7.08. The molecule has 1 heterocycles. The molecule has 0 spiro atoms.